The Kier molecular flexibility index (Phi) is 32.4. The summed E-state index contributed by atoms with van der Waals surface area (Å²) in [6, 6.07) is 16.0. The van der Waals surface area contributed by atoms with Crippen LogP contribution in [0, 0.1) is 11.3 Å². The zero-order chi connectivity index (χ0) is 10.5. The Morgan fingerprint density at radius 3 is 1.64 bits per heavy atom. The summed E-state index contributed by atoms with van der Waals surface area (Å²) >= 11 is 0. The summed E-state index contributed by atoms with van der Waals surface area (Å²) in [5.74, 6) is 0. The largest absolute Gasteiger partial charge is 3.00 e. The van der Waals surface area contributed by atoms with E-state index >= 15 is 0 Å². The molecule has 1 aromatic carbocycles. The molecule has 0 spiro atoms. The zero-order valence-electron chi connectivity index (χ0n) is 11.0. The van der Waals surface area contributed by atoms with Gasteiger partial charge in [0.2, 0.25) is 0 Å². The number of nitriles is 1. The molecule has 0 fully saturated rings. The molecule has 122 valence electrons. The van der Waals surface area contributed by atoms with Gasteiger partial charge in [0.25, 0.3) is 0 Å². The monoisotopic (exact) mass is 430 g/mol. The molecule has 1 aromatic heterocycles. The second kappa shape index (κ2) is 19.3. The van der Waals surface area contributed by atoms with E-state index in [1.807, 2.05) is 42.7 Å². The molecule has 0 saturated carbocycles. The summed E-state index contributed by atoms with van der Waals surface area (Å²) in [6.07, 6.45) is 3.84. The molecule has 2 aromatic rings. The number of rotatable bonds is 2. The van der Waals surface area contributed by atoms with E-state index in [1.54, 1.807) is 0 Å². The number of pyridine rings is 1. The van der Waals surface area contributed by atoms with Crippen molar-refractivity contribution in [2.45, 2.75) is 6.54 Å². The Bertz CT molecular complexity index is 490. The third-order valence-corrected chi connectivity index (χ3v) is 2.23. The molecule has 1 heterocycles. The van der Waals surface area contributed by atoms with E-state index in [0.29, 0.717) is 5.56 Å². The van der Waals surface area contributed by atoms with Crippen LogP contribution >= 0.6 is 0 Å². The summed E-state index contributed by atoms with van der Waals surface area (Å²) < 4.78 is 2.05. The maximum Gasteiger partial charge on any atom is 3.00 e. The molecule has 2 radical (unpaired) electrons. The molecule has 0 atom stereocenters. The predicted octanol–water partition coefficient (Wildman–Crippen LogP) is -16.5. The summed E-state index contributed by atoms with van der Waals surface area (Å²) in [5.41, 5.74) is 1.95. The average Bonchev–Trinajstić information content (AvgIpc) is 2.31. The third kappa shape index (κ3) is 11.0. The van der Waals surface area contributed by atoms with E-state index in [0.717, 1.165) is 6.54 Å². The molecule has 2 nitrogen and oxygen atoms in total. The van der Waals surface area contributed by atoms with Gasteiger partial charge in [-0.25, -0.2) is 4.57 Å². The van der Waals surface area contributed by atoms with Gasteiger partial charge in [0.1, 0.15) is 0 Å². The Balaban J connectivity index is -0.0000000914. The van der Waals surface area contributed by atoms with Crippen molar-refractivity contribution < 1.29 is 32.8 Å². The molecule has 0 bridgehead atoms. The van der Waals surface area contributed by atoms with Crippen LogP contribution in [-0.2, 0) is 6.54 Å². The second-order valence-electron chi connectivity index (χ2n) is 3.36. The molecule has 0 N–H and O–H groups in total. The van der Waals surface area contributed by atoms with Crippen LogP contribution in [0.1, 0.15) is 11.1 Å². The molecule has 0 aliphatic rings. The molecule has 0 aliphatic heterocycles. The van der Waals surface area contributed by atoms with Gasteiger partial charge in [-0.15, -0.1) is 0 Å². The normalized spacial score (nSPS) is 6.50. The van der Waals surface area contributed by atoms with Crippen molar-refractivity contribution in [1.29, 1.82) is 5.26 Å². The number of hydrogen-bond donors (Lipinski definition) is 0. The number of halogens is 6. The Morgan fingerprint density at radius 1 is 0.773 bits per heavy atom. The maximum atomic E-state index is 8.66. The maximum absolute atomic E-state index is 8.66. The fourth-order valence-corrected chi connectivity index (χ4v) is 1.43. The smallest absolute Gasteiger partial charge is 1.00 e. The molecular formula is C13H11F6N2Sb-2. The predicted molar refractivity (Wildman–Crippen MR) is 62.7 cm³/mol. The van der Waals surface area contributed by atoms with Gasteiger partial charge in [-0.2, -0.15) is 5.26 Å². The van der Waals surface area contributed by atoms with E-state index < -0.39 is 0 Å². The molecule has 0 unspecified atom stereocenters. The first-order valence-electron chi connectivity index (χ1n) is 4.81. The first-order valence-corrected chi connectivity index (χ1v) is 4.81. The number of nitrogens with zero attached hydrogens (tertiary/aromatic N) is 2. The topological polar surface area (TPSA) is 27.7 Å². The molecule has 2 rings (SSSR count). The zero-order valence-corrected chi connectivity index (χ0v) is 13.6. The summed E-state index contributed by atoms with van der Waals surface area (Å²) in [6.45, 7) is 0.840. The molecule has 9 heteroatoms. The van der Waals surface area contributed by atoms with Crippen molar-refractivity contribution in [2.24, 2.45) is 0 Å². The average molecular weight is 431 g/mol. The van der Waals surface area contributed by atoms with Gasteiger partial charge in [-0.3, -0.25) is 0 Å². The quantitative estimate of drug-likeness (QED) is 0.264. The number of hydrogen-bond acceptors (Lipinski definition) is 1. The molecule has 22 heavy (non-hydrogen) atoms. The fraction of sp³-hybridized carbons (Fsp3) is 0.0769. The van der Waals surface area contributed by atoms with Crippen molar-refractivity contribution in [3.05, 3.63) is 66.0 Å². The minimum atomic E-state index is 0. The van der Waals surface area contributed by atoms with E-state index in [2.05, 4.69) is 22.8 Å². The van der Waals surface area contributed by atoms with E-state index in [9.17, 15) is 0 Å². The number of benzene rings is 1. The van der Waals surface area contributed by atoms with Gasteiger partial charge in [0.05, 0.1) is 11.6 Å². The minimum Gasteiger partial charge on any atom is -1.00 e. The van der Waals surface area contributed by atoms with Gasteiger partial charge < -0.3 is 28.2 Å². The SMILES string of the molecule is N#Cc1cc[n+](Cc2ccccc2)cc1.[F-].[F-].[F-].[F-].[F-].[F-].[Sb+3]. The van der Waals surface area contributed by atoms with E-state index in [-0.39, 0.29) is 52.7 Å². The third-order valence-electron chi connectivity index (χ3n) is 2.23. The summed E-state index contributed by atoms with van der Waals surface area (Å²) in [5, 5.41) is 8.66. The Morgan fingerprint density at radius 2 is 1.23 bits per heavy atom. The van der Waals surface area contributed by atoms with Crippen molar-refractivity contribution in [3.8, 4) is 6.07 Å². The Labute approximate surface area is 141 Å². The van der Waals surface area contributed by atoms with Crippen LogP contribution in [0.5, 0.6) is 0 Å². The van der Waals surface area contributed by atoms with Crippen LogP contribution in [0.25, 0.3) is 0 Å². The molecule has 0 saturated heterocycles. The van der Waals surface area contributed by atoms with Crippen LogP contribution in [0.2, 0.25) is 0 Å². The second-order valence-corrected chi connectivity index (χ2v) is 3.36. The minimum absolute atomic E-state index is 0. The van der Waals surface area contributed by atoms with Crippen molar-refractivity contribution >= 4 is 24.4 Å². The van der Waals surface area contributed by atoms with Crippen molar-refractivity contribution in [2.75, 3.05) is 0 Å². The van der Waals surface area contributed by atoms with Crippen LogP contribution in [0.3, 0.4) is 0 Å². The summed E-state index contributed by atoms with van der Waals surface area (Å²) in [4.78, 5) is 0. The Hall–Kier alpha value is -1.74. The van der Waals surface area contributed by atoms with Crippen LogP contribution in [0.4, 0.5) is 0 Å². The van der Waals surface area contributed by atoms with Crippen LogP contribution < -0.4 is 32.8 Å². The van der Waals surface area contributed by atoms with Crippen molar-refractivity contribution in [1.82, 2.24) is 0 Å². The molecular weight excluding hydrogens is 420 g/mol. The summed E-state index contributed by atoms with van der Waals surface area (Å²) in [7, 11) is 0. The van der Waals surface area contributed by atoms with E-state index in [1.165, 1.54) is 5.56 Å². The molecule has 0 aliphatic carbocycles. The van der Waals surface area contributed by atoms with Gasteiger partial charge in [-0.05, 0) is 0 Å². The first-order chi connectivity index (χ1) is 7.38. The number of aromatic nitrogens is 1. The molecule has 0 amide bonds. The van der Waals surface area contributed by atoms with Crippen molar-refractivity contribution in [3.63, 3.8) is 0 Å². The van der Waals surface area contributed by atoms with Gasteiger partial charge in [0.15, 0.2) is 18.9 Å². The fourth-order valence-electron chi connectivity index (χ4n) is 1.43. The standard InChI is InChI=1S/C13H11N2.6FH.Sb/c14-10-12-6-8-15(9-7-12)11-13-4-2-1-3-5-13;;;;;;;/h1-9H,11H2;6*1H;/q+1;;;;;;;+3/p-6. The van der Waals surface area contributed by atoms with Crippen LogP contribution in [0.15, 0.2) is 54.9 Å². The van der Waals surface area contributed by atoms with Crippen LogP contribution in [-0.4, -0.2) is 24.4 Å². The van der Waals surface area contributed by atoms with E-state index in [4.69, 9.17) is 5.26 Å². The first kappa shape index (κ1) is 37.0. The van der Waals surface area contributed by atoms with Gasteiger partial charge in [-0.1, -0.05) is 30.3 Å². The van der Waals surface area contributed by atoms with Gasteiger partial charge in [0, 0.05) is 17.7 Å². The van der Waals surface area contributed by atoms with Gasteiger partial charge >= 0.3 is 24.4 Å².